The maximum Gasteiger partial charge on any atom is 0.418 e. The molecule has 0 radical (unpaired) electrons. The Hall–Kier alpha value is -2.83. The minimum atomic E-state index is -4.50. The molecule has 7 heteroatoms. The number of halogens is 3. The van der Waals surface area contributed by atoms with Crippen LogP contribution < -0.4 is 5.32 Å². The number of benzene rings is 2. The van der Waals surface area contributed by atoms with Crippen molar-refractivity contribution < 1.29 is 18.0 Å². The Labute approximate surface area is 135 Å². The van der Waals surface area contributed by atoms with Gasteiger partial charge in [-0.05, 0) is 24.6 Å². The van der Waals surface area contributed by atoms with Gasteiger partial charge in [-0.15, -0.1) is 0 Å². The molecule has 3 rings (SSSR count). The fraction of sp³-hybridized carbons (Fsp3) is 0.176. The summed E-state index contributed by atoms with van der Waals surface area (Å²) in [5.74, 6) is -0.709. The predicted molar refractivity (Wildman–Crippen MR) is 84.6 cm³/mol. The summed E-state index contributed by atoms with van der Waals surface area (Å²) in [6.07, 6.45) is -4.50. The number of alkyl halides is 3. The van der Waals surface area contributed by atoms with Crippen LogP contribution in [0.5, 0.6) is 0 Å². The van der Waals surface area contributed by atoms with Gasteiger partial charge in [-0.3, -0.25) is 9.89 Å². The number of fused-ring (bicyclic) bond motifs is 1. The molecule has 0 saturated carbocycles. The molecule has 1 amide bonds. The normalized spacial score (nSPS) is 13.0. The van der Waals surface area contributed by atoms with Crippen molar-refractivity contribution in [3.8, 4) is 0 Å². The van der Waals surface area contributed by atoms with Gasteiger partial charge in [0.05, 0.1) is 17.0 Å². The number of anilines is 1. The van der Waals surface area contributed by atoms with Gasteiger partial charge in [-0.1, -0.05) is 36.4 Å². The Kier molecular flexibility index (Phi) is 4.01. The third-order valence-electron chi connectivity index (χ3n) is 3.84. The fourth-order valence-corrected chi connectivity index (χ4v) is 2.49. The van der Waals surface area contributed by atoms with E-state index in [4.69, 9.17) is 0 Å². The molecule has 0 fully saturated rings. The highest BCUT2D eigenvalue weighted by atomic mass is 19.4. The highest BCUT2D eigenvalue weighted by Crippen LogP contribution is 2.35. The van der Waals surface area contributed by atoms with Gasteiger partial charge < -0.3 is 5.32 Å². The molecule has 24 heavy (non-hydrogen) atoms. The van der Waals surface area contributed by atoms with Crippen molar-refractivity contribution in [2.75, 3.05) is 5.32 Å². The zero-order valence-corrected chi connectivity index (χ0v) is 12.7. The van der Waals surface area contributed by atoms with E-state index in [1.165, 1.54) is 12.1 Å². The molecule has 2 N–H and O–H groups in total. The number of aromatic nitrogens is 2. The van der Waals surface area contributed by atoms with E-state index in [0.717, 1.165) is 11.6 Å². The van der Waals surface area contributed by atoms with E-state index in [9.17, 15) is 18.0 Å². The molecule has 124 valence electrons. The van der Waals surface area contributed by atoms with Crippen molar-refractivity contribution in [3.05, 3.63) is 59.7 Å². The van der Waals surface area contributed by atoms with Crippen molar-refractivity contribution >= 4 is 22.6 Å². The molecule has 0 saturated heterocycles. The molecule has 1 heterocycles. The van der Waals surface area contributed by atoms with Crippen LogP contribution in [-0.4, -0.2) is 16.1 Å². The van der Waals surface area contributed by atoms with Gasteiger partial charge in [0.15, 0.2) is 5.82 Å². The number of carbonyl (C=O) groups is 1. The van der Waals surface area contributed by atoms with Gasteiger partial charge in [0.25, 0.3) is 0 Å². The lowest BCUT2D eigenvalue weighted by Crippen LogP contribution is -2.19. The summed E-state index contributed by atoms with van der Waals surface area (Å²) in [4.78, 5) is 12.3. The molecule has 1 atom stereocenters. The van der Waals surface area contributed by atoms with Crippen LogP contribution in [0.25, 0.3) is 10.9 Å². The fourth-order valence-electron chi connectivity index (χ4n) is 2.49. The van der Waals surface area contributed by atoms with Gasteiger partial charge in [-0.25, -0.2) is 0 Å². The summed E-state index contributed by atoms with van der Waals surface area (Å²) in [5, 5.41) is 9.01. The third kappa shape index (κ3) is 2.97. The van der Waals surface area contributed by atoms with Crippen molar-refractivity contribution in [1.82, 2.24) is 10.2 Å². The zero-order chi connectivity index (χ0) is 17.3. The second-order valence-electron chi connectivity index (χ2n) is 5.42. The first kappa shape index (κ1) is 16.0. The number of carbonyl (C=O) groups excluding carboxylic acids is 1. The third-order valence-corrected chi connectivity index (χ3v) is 3.84. The van der Waals surface area contributed by atoms with Crippen LogP contribution in [0.3, 0.4) is 0 Å². The summed E-state index contributed by atoms with van der Waals surface area (Å²) in [5.41, 5.74) is -0.150. The molecular formula is C17H14F3N3O. The Bertz CT molecular complexity index is 872. The smallest absolute Gasteiger partial charge is 0.308 e. The molecule has 3 aromatic rings. The van der Waals surface area contributed by atoms with Gasteiger partial charge in [0.1, 0.15) is 0 Å². The standard InChI is InChI=1S/C17H14F3N3O/c1-10(11-6-3-2-4-7-11)16(24)21-15-12-8-5-9-13(17(18,19)20)14(12)22-23-15/h2-10H,1H3,(H2,21,22,23,24). The number of para-hydroxylation sites is 1. The van der Waals surface area contributed by atoms with Crippen LogP contribution in [0.4, 0.5) is 19.0 Å². The van der Waals surface area contributed by atoms with Crippen LogP contribution in [0.2, 0.25) is 0 Å². The van der Waals surface area contributed by atoms with E-state index >= 15 is 0 Å². The lowest BCUT2D eigenvalue weighted by atomic mass is 10.0. The summed E-state index contributed by atoms with van der Waals surface area (Å²) in [7, 11) is 0. The first-order valence-electron chi connectivity index (χ1n) is 7.28. The number of H-pyrrole nitrogens is 1. The van der Waals surface area contributed by atoms with E-state index in [-0.39, 0.29) is 22.6 Å². The number of hydrogen-bond donors (Lipinski definition) is 2. The summed E-state index contributed by atoms with van der Waals surface area (Å²) in [6, 6.07) is 12.8. The van der Waals surface area contributed by atoms with Gasteiger partial charge in [-0.2, -0.15) is 18.3 Å². The summed E-state index contributed by atoms with van der Waals surface area (Å²) >= 11 is 0. The summed E-state index contributed by atoms with van der Waals surface area (Å²) in [6.45, 7) is 1.72. The molecular weight excluding hydrogens is 319 g/mol. The van der Waals surface area contributed by atoms with E-state index in [1.807, 2.05) is 30.3 Å². The number of nitrogens with one attached hydrogen (secondary N) is 2. The molecule has 1 aromatic heterocycles. The SMILES string of the molecule is CC(C(=O)Nc1n[nH]c2c(C(F)(F)F)cccc12)c1ccccc1. The van der Waals surface area contributed by atoms with E-state index in [0.29, 0.717) is 0 Å². The quantitative estimate of drug-likeness (QED) is 0.750. The Morgan fingerprint density at radius 1 is 1.12 bits per heavy atom. The Morgan fingerprint density at radius 2 is 1.83 bits per heavy atom. The van der Waals surface area contributed by atoms with E-state index in [2.05, 4.69) is 15.5 Å². The second kappa shape index (κ2) is 5.99. The predicted octanol–water partition coefficient (Wildman–Crippen LogP) is 4.32. The first-order valence-corrected chi connectivity index (χ1v) is 7.28. The second-order valence-corrected chi connectivity index (χ2v) is 5.42. The van der Waals surface area contributed by atoms with Crippen LogP contribution in [0.15, 0.2) is 48.5 Å². The van der Waals surface area contributed by atoms with Crippen molar-refractivity contribution in [3.63, 3.8) is 0 Å². The average molecular weight is 333 g/mol. The molecule has 1 unspecified atom stereocenters. The Morgan fingerprint density at radius 3 is 2.50 bits per heavy atom. The summed E-state index contributed by atoms with van der Waals surface area (Å²) < 4.78 is 39.0. The molecule has 0 bridgehead atoms. The van der Waals surface area contributed by atoms with Crippen molar-refractivity contribution in [2.45, 2.75) is 19.0 Å². The first-order chi connectivity index (χ1) is 11.4. The monoisotopic (exact) mass is 333 g/mol. The van der Waals surface area contributed by atoms with E-state index < -0.39 is 17.7 Å². The molecule has 0 aliphatic rings. The van der Waals surface area contributed by atoms with Crippen LogP contribution >= 0.6 is 0 Å². The minimum absolute atomic E-state index is 0.0869. The number of nitrogens with zero attached hydrogens (tertiary/aromatic N) is 1. The van der Waals surface area contributed by atoms with Gasteiger partial charge >= 0.3 is 6.18 Å². The minimum Gasteiger partial charge on any atom is -0.308 e. The average Bonchev–Trinajstić information content (AvgIpc) is 2.97. The van der Waals surface area contributed by atoms with Crippen LogP contribution in [0, 0.1) is 0 Å². The number of rotatable bonds is 3. The van der Waals surface area contributed by atoms with Crippen LogP contribution in [-0.2, 0) is 11.0 Å². The number of hydrogen-bond acceptors (Lipinski definition) is 2. The van der Waals surface area contributed by atoms with Gasteiger partial charge in [0.2, 0.25) is 5.91 Å². The maximum absolute atomic E-state index is 13.0. The zero-order valence-electron chi connectivity index (χ0n) is 12.7. The molecule has 2 aromatic carbocycles. The largest absolute Gasteiger partial charge is 0.418 e. The maximum atomic E-state index is 13.0. The number of aromatic amines is 1. The van der Waals surface area contributed by atoms with Crippen molar-refractivity contribution in [2.24, 2.45) is 0 Å². The Balaban J connectivity index is 1.90. The highest BCUT2D eigenvalue weighted by Gasteiger charge is 2.33. The topological polar surface area (TPSA) is 57.8 Å². The van der Waals surface area contributed by atoms with Gasteiger partial charge in [0, 0.05) is 5.39 Å². The van der Waals surface area contributed by atoms with Crippen molar-refractivity contribution in [1.29, 1.82) is 0 Å². The highest BCUT2D eigenvalue weighted by molar-refractivity contribution is 6.02. The van der Waals surface area contributed by atoms with E-state index in [1.54, 1.807) is 6.92 Å². The molecule has 4 nitrogen and oxygen atoms in total. The molecule has 0 aliphatic heterocycles. The lowest BCUT2D eigenvalue weighted by Gasteiger charge is -2.11. The molecule has 0 spiro atoms. The lowest BCUT2D eigenvalue weighted by molar-refractivity contribution is -0.136. The van der Waals surface area contributed by atoms with Crippen LogP contribution in [0.1, 0.15) is 24.0 Å². The molecule has 0 aliphatic carbocycles. The number of amides is 1.